The molecule has 162 valence electrons. The fraction of sp³-hybridized carbons (Fsp3) is 0.696. The molecule has 1 amide bonds. The average Bonchev–Trinajstić information content (AvgIpc) is 3.19. The van der Waals surface area contributed by atoms with E-state index in [9.17, 15) is 4.79 Å². The van der Waals surface area contributed by atoms with Crippen molar-refractivity contribution < 1.29 is 14.3 Å². The van der Waals surface area contributed by atoms with Crippen LogP contribution in [0.1, 0.15) is 51.0 Å². The Hall–Kier alpha value is -1.30. The second-order valence-corrected chi connectivity index (χ2v) is 8.76. The molecule has 1 aliphatic carbocycles. The van der Waals surface area contributed by atoms with Crippen molar-refractivity contribution >= 4 is 18.3 Å². The molecule has 0 unspecified atom stereocenters. The van der Waals surface area contributed by atoms with Gasteiger partial charge in [0, 0.05) is 31.7 Å². The zero-order valence-corrected chi connectivity index (χ0v) is 18.3. The van der Waals surface area contributed by atoms with E-state index >= 15 is 0 Å². The largest absolute Gasteiger partial charge is 0.494 e. The summed E-state index contributed by atoms with van der Waals surface area (Å²) in [6.07, 6.45) is 6.51. The van der Waals surface area contributed by atoms with Gasteiger partial charge in [0.1, 0.15) is 5.75 Å². The fourth-order valence-corrected chi connectivity index (χ4v) is 5.52. The Labute approximate surface area is 180 Å². The Balaban J connectivity index is 0.00000240. The third-order valence-electron chi connectivity index (χ3n) is 7.31. The Morgan fingerprint density at radius 2 is 1.97 bits per heavy atom. The van der Waals surface area contributed by atoms with E-state index < -0.39 is 0 Å². The van der Waals surface area contributed by atoms with Gasteiger partial charge in [-0.1, -0.05) is 25.0 Å². The molecule has 1 saturated carbocycles. The zero-order valence-electron chi connectivity index (χ0n) is 17.5. The molecule has 0 aromatic heterocycles. The van der Waals surface area contributed by atoms with Gasteiger partial charge in [0.15, 0.2) is 0 Å². The molecular formula is C23H35ClN2O3. The summed E-state index contributed by atoms with van der Waals surface area (Å²) in [6.45, 7) is 6.69. The highest BCUT2D eigenvalue weighted by Crippen LogP contribution is 2.44. The standard InChI is InChI=1S/C23H34N2O3.ClH/c1-2-28-20-8-6-18(7-9-20)22(11-13-27-14-12-22)16-25-21(26)23-10-4-3-5-19(23)15-24-17-23;/h6-9,19,24H,2-5,10-17H2,1H3,(H,25,26);1H/t19-,23+;/m0./s1. The van der Waals surface area contributed by atoms with Crippen molar-refractivity contribution in [2.24, 2.45) is 11.3 Å². The molecule has 2 atom stereocenters. The van der Waals surface area contributed by atoms with Gasteiger partial charge in [0.2, 0.25) is 5.91 Å². The van der Waals surface area contributed by atoms with Crippen molar-refractivity contribution in [1.29, 1.82) is 0 Å². The molecule has 0 bridgehead atoms. The first-order chi connectivity index (χ1) is 13.7. The van der Waals surface area contributed by atoms with Crippen LogP contribution < -0.4 is 15.4 Å². The van der Waals surface area contributed by atoms with E-state index in [1.165, 1.54) is 24.8 Å². The molecule has 2 N–H and O–H groups in total. The Morgan fingerprint density at radius 1 is 1.21 bits per heavy atom. The summed E-state index contributed by atoms with van der Waals surface area (Å²) in [5.41, 5.74) is 1.04. The molecule has 1 aromatic carbocycles. The second kappa shape index (κ2) is 9.67. The van der Waals surface area contributed by atoms with Crippen LogP contribution in [0.4, 0.5) is 0 Å². The highest BCUT2D eigenvalue weighted by atomic mass is 35.5. The van der Waals surface area contributed by atoms with Gasteiger partial charge >= 0.3 is 0 Å². The van der Waals surface area contributed by atoms with E-state index in [0.29, 0.717) is 19.1 Å². The molecule has 6 heteroatoms. The minimum Gasteiger partial charge on any atom is -0.494 e. The maximum absolute atomic E-state index is 13.4. The summed E-state index contributed by atoms with van der Waals surface area (Å²) in [4.78, 5) is 13.4. The average molecular weight is 423 g/mol. The first-order valence-corrected chi connectivity index (χ1v) is 11.0. The minimum atomic E-state index is -0.191. The number of hydrogen-bond acceptors (Lipinski definition) is 4. The van der Waals surface area contributed by atoms with Crippen molar-refractivity contribution in [2.45, 2.75) is 50.9 Å². The Kier molecular flexibility index (Phi) is 7.47. The summed E-state index contributed by atoms with van der Waals surface area (Å²) >= 11 is 0. The van der Waals surface area contributed by atoms with Gasteiger partial charge in [-0.05, 0) is 62.8 Å². The Bertz CT molecular complexity index is 675. The van der Waals surface area contributed by atoms with Crippen LogP contribution in [0.3, 0.4) is 0 Å². The lowest BCUT2D eigenvalue weighted by Gasteiger charge is -2.41. The number of halogens is 1. The normalized spacial score (nSPS) is 28.1. The first-order valence-electron chi connectivity index (χ1n) is 11.0. The number of carbonyl (C=O) groups is 1. The van der Waals surface area contributed by atoms with Crippen LogP contribution in [0, 0.1) is 11.3 Å². The monoisotopic (exact) mass is 422 g/mol. The van der Waals surface area contributed by atoms with Crippen molar-refractivity contribution in [1.82, 2.24) is 10.6 Å². The number of nitrogens with one attached hydrogen (secondary N) is 2. The topological polar surface area (TPSA) is 59.6 Å². The van der Waals surface area contributed by atoms with Crippen LogP contribution in [0.5, 0.6) is 5.75 Å². The second-order valence-electron chi connectivity index (χ2n) is 8.76. The van der Waals surface area contributed by atoms with Crippen molar-refractivity contribution in [3.63, 3.8) is 0 Å². The Morgan fingerprint density at radius 3 is 2.69 bits per heavy atom. The zero-order chi connectivity index (χ0) is 19.5. The SMILES string of the molecule is CCOc1ccc(C2(CNC(=O)[C@@]34CCCC[C@H]3CNC4)CCOCC2)cc1.Cl. The van der Waals surface area contributed by atoms with Gasteiger partial charge < -0.3 is 20.1 Å². The highest BCUT2D eigenvalue weighted by molar-refractivity contribution is 5.85. The molecule has 5 nitrogen and oxygen atoms in total. The van der Waals surface area contributed by atoms with Crippen molar-refractivity contribution in [3.05, 3.63) is 29.8 Å². The lowest BCUT2D eigenvalue weighted by molar-refractivity contribution is -0.134. The predicted octanol–water partition coefficient (Wildman–Crippen LogP) is 3.45. The molecule has 2 saturated heterocycles. The number of hydrogen-bond donors (Lipinski definition) is 2. The van der Waals surface area contributed by atoms with E-state index in [1.807, 2.05) is 6.92 Å². The van der Waals surface area contributed by atoms with E-state index in [4.69, 9.17) is 9.47 Å². The van der Waals surface area contributed by atoms with Gasteiger partial charge in [-0.3, -0.25) is 4.79 Å². The number of rotatable bonds is 6. The lowest BCUT2D eigenvalue weighted by Crippen LogP contribution is -2.52. The van der Waals surface area contributed by atoms with Crippen LogP contribution in [0.25, 0.3) is 0 Å². The third kappa shape index (κ3) is 4.42. The molecule has 29 heavy (non-hydrogen) atoms. The maximum Gasteiger partial charge on any atom is 0.227 e. The molecule has 3 aliphatic rings. The maximum atomic E-state index is 13.4. The van der Waals surface area contributed by atoms with Crippen LogP contribution >= 0.6 is 12.4 Å². The third-order valence-corrected chi connectivity index (χ3v) is 7.31. The summed E-state index contributed by atoms with van der Waals surface area (Å²) < 4.78 is 11.3. The molecule has 2 aliphatic heterocycles. The summed E-state index contributed by atoms with van der Waals surface area (Å²) in [6, 6.07) is 8.44. The lowest BCUT2D eigenvalue weighted by atomic mass is 9.67. The number of amides is 1. The van der Waals surface area contributed by atoms with Gasteiger partial charge in [-0.2, -0.15) is 0 Å². The number of fused-ring (bicyclic) bond motifs is 1. The fourth-order valence-electron chi connectivity index (χ4n) is 5.52. The van der Waals surface area contributed by atoms with Crippen LogP contribution in [-0.2, 0) is 14.9 Å². The smallest absolute Gasteiger partial charge is 0.227 e. The van der Waals surface area contributed by atoms with Crippen molar-refractivity contribution in [2.75, 3.05) is 39.5 Å². The number of carbonyl (C=O) groups excluding carboxylic acids is 1. The molecule has 3 fully saturated rings. The summed E-state index contributed by atoms with van der Waals surface area (Å²) in [7, 11) is 0. The number of benzene rings is 1. The van der Waals surface area contributed by atoms with E-state index in [0.717, 1.165) is 51.3 Å². The van der Waals surface area contributed by atoms with E-state index in [-0.39, 0.29) is 29.1 Å². The van der Waals surface area contributed by atoms with E-state index in [1.54, 1.807) is 0 Å². The van der Waals surface area contributed by atoms with Crippen LogP contribution in [0.15, 0.2) is 24.3 Å². The molecule has 4 rings (SSSR count). The van der Waals surface area contributed by atoms with Crippen LogP contribution in [0.2, 0.25) is 0 Å². The van der Waals surface area contributed by atoms with Gasteiger partial charge in [-0.25, -0.2) is 0 Å². The molecule has 0 radical (unpaired) electrons. The van der Waals surface area contributed by atoms with Gasteiger partial charge in [0.25, 0.3) is 0 Å². The van der Waals surface area contributed by atoms with Gasteiger partial charge in [-0.15, -0.1) is 12.4 Å². The molecule has 2 heterocycles. The summed E-state index contributed by atoms with van der Waals surface area (Å²) in [5, 5.41) is 6.89. The summed E-state index contributed by atoms with van der Waals surface area (Å²) in [5.74, 6) is 1.66. The highest BCUT2D eigenvalue weighted by Gasteiger charge is 2.50. The minimum absolute atomic E-state index is 0. The predicted molar refractivity (Wildman–Crippen MR) is 117 cm³/mol. The first kappa shape index (κ1) is 22.4. The molecule has 0 spiro atoms. The number of ether oxygens (including phenoxy) is 2. The molecule has 1 aromatic rings. The van der Waals surface area contributed by atoms with Crippen LogP contribution in [-0.4, -0.2) is 45.4 Å². The quantitative estimate of drug-likeness (QED) is 0.737. The molecular weight excluding hydrogens is 388 g/mol. The van der Waals surface area contributed by atoms with Gasteiger partial charge in [0.05, 0.1) is 12.0 Å². The van der Waals surface area contributed by atoms with Crippen molar-refractivity contribution in [3.8, 4) is 5.75 Å². The van der Waals surface area contributed by atoms with E-state index in [2.05, 4.69) is 34.9 Å².